The van der Waals surface area contributed by atoms with Gasteiger partial charge in [0.15, 0.2) is 6.29 Å². The number of fused-ring (bicyclic) bond motifs is 1. The molecule has 3 rings (SSSR count). The lowest BCUT2D eigenvalue weighted by molar-refractivity contribution is -0.125. The molecule has 0 bridgehead atoms. The minimum absolute atomic E-state index is 0.106. The van der Waals surface area contributed by atoms with Crippen LogP contribution in [0.4, 0.5) is 5.69 Å². The fourth-order valence-corrected chi connectivity index (χ4v) is 7.30. The quantitative estimate of drug-likeness (QED) is 0.127. The van der Waals surface area contributed by atoms with Crippen molar-refractivity contribution in [2.75, 3.05) is 72.5 Å². The average molecular weight is 705 g/mol. The molecule has 1 aliphatic heterocycles. The summed E-state index contributed by atoms with van der Waals surface area (Å²) >= 11 is 6.44. The summed E-state index contributed by atoms with van der Waals surface area (Å²) in [6.45, 7) is 11.6. The lowest BCUT2D eigenvalue weighted by Crippen LogP contribution is -2.34. The minimum atomic E-state index is -2.78. The predicted octanol–water partition coefficient (Wildman–Crippen LogP) is 6.78. The minimum Gasteiger partial charge on any atom is -0.491 e. The number of likely N-dealkylation sites (N-methyl/N-ethyl adjacent to an activating group) is 1. The van der Waals surface area contributed by atoms with Gasteiger partial charge in [0.1, 0.15) is 21.3 Å². The molecule has 0 saturated carbocycles. The van der Waals surface area contributed by atoms with Crippen LogP contribution in [0.5, 0.6) is 5.75 Å². The number of carbonyl (C=O) groups is 1. The summed E-state index contributed by atoms with van der Waals surface area (Å²) in [5, 5.41) is 0.742. The third kappa shape index (κ3) is 11.3. The van der Waals surface area contributed by atoms with Crippen molar-refractivity contribution in [1.29, 1.82) is 0 Å². The number of benzene rings is 2. The fourth-order valence-electron chi connectivity index (χ4n) is 5.95. The van der Waals surface area contributed by atoms with Gasteiger partial charge in [0.05, 0.1) is 36.5 Å². The Morgan fingerprint density at radius 3 is 2.65 bits per heavy atom. The number of anilines is 1. The van der Waals surface area contributed by atoms with Crippen LogP contribution >= 0.6 is 11.6 Å². The lowest BCUT2D eigenvalue weighted by atomic mass is 9.91. The van der Waals surface area contributed by atoms with Crippen LogP contribution in [-0.4, -0.2) is 94.7 Å². The van der Waals surface area contributed by atoms with Gasteiger partial charge < -0.3 is 28.8 Å². The molecule has 48 heavy (non-hydrogen) atoms. The Kier molecular flexibility index (Phi) is 15.9. The van der Waals surface area contributed by atoms with E-state index in [0.717, 1.165) is 68.1 Å². The highest BCUT2D eigenvalue weighted by molar-refractivity contribution is 7.91. The Labute approximate surface area is 294 Å². The van der Waals surface area contributed by atoms with Gasteiger partial charge in [-0.2, -0.15) is 0 Å². The predicted molar refractivity (Wildman–Crippen MR) is 198 cm³/mol. The Morgan fingerprint density at radius 2 is 2.00 bits per heavy atom. The van der Waals surface area contributed by atoms with E-state index in [2.05, 4.69) is 50.9 Å². The molecule has 2 aromatic carbocycles. The summed E-state index contributed by atoms with van der Waals surface area (Å²) in [6.07, 6.45) is 8.47. The molecule has 0 spiro atoms. The zero-order valence-corrected chi connectivity index (χ0v) is 31.7. The van der Waals surface area contributed by atoms with E-state index in [4.69, 9.17) is 25.8 Å². The molecule has 2 aromatic rings. The second kappa shape index (κ2) is 19.1. The van der Waals surface area contributed by atoms with E-state index >= 15 is 0 Å². The van der Waals surface area contributed by atoms with Crippen molar-refractivity contribution in [2.24, 2.45) is 10.3 Å². The van der Waals surface area contributed by atoms with Gasteiger partial charge in [0.2, 0.25) is 0 Å². The number of hydrogen-bond acceptors (Lipinski definition) is 8. The van der Waals surface area contributed by atoms with Crippen molar-refractivity contribution in [3.05, 3.63) is 64.7 Å². The summed E-state index contributed by atoms with van der Waals surface area (Å²) in [6, 6.07) is 11.9. The van der Waals surface area contributed by atoms with Gasteiger partial charge in [-0.25, -0.2) is 13.3 Å². The number of hydrogen-bond donors (Lipinski definition) is 1. The van der Waals surface area contributed by atoms with E-state index in [0.29, 0.717) is 24.7 Å². The van der Waals surface area contributed by atoms with Crippen molar-refractivity contribution in [3.63, 3.8) is 0 Å². The molecule has 1 aliphatic rings. The number of halogens is 1. The molecule has 1 N–H and O–H groups in total. The Balaban J connectivity index is 1.97. The first kappa shape index (κ1) is 40.0. The van der Waals surface area contributed by atoms with E-state index in [1.807, 2.05) is 44.4 Å². The first-order valence-electron chi connectivity index (χ1n) is 17.1. The molecule has 11 heteroatoms. The maximum Gasteiger partial charge on any atom is 0.151 e. The maximum atomic E-state index is 13.6. The Bertz CT molecular complexity index is 1470. The number of carbonyl (C=O) groups excluding carboxylic acids is 1. The molecule has 268 valence electrons. The average Bonchev–Trinajstić information content (AvgIpc) is 3.25. The number of rotatable bonds is 19. The van der Waals surface area contributed by atoms with E-state index in [1.54, 1.807) is 27.9 Å². The fraction of sp³-hybridized carbons (Fsp3) is 0.595. The highest BCUT2D eigenvalue weighted by atomic mass is 35.5. The maximum absolute atomic E-state index is 13.6. The number of aryl methyl sites for hydroxylation is 1. The molecule has 0 fully saturated rings. The standard InChI is InChI=1S/C37H57ClN4O5S/c1-9-12-29-23-31(38)14-16-33(29)30-25-42(34-24-32(48(44,39-5)40-6)15-17-36(34)46-26-30)19-18-28(10-2)35(45-22-20-41(7)8)13-11-21-47-37(3,4)27-43/h11,13-17,23-24,27-28,30,35H,9-10,12,18-22,25-26H2,1-8H3,(H,39,40,44)/b13-11+. The van der Waals surface area contributed by atoms with Gasteiger partial charge in [-0.15, -0.1) is 0 Å². The number of aldehydes is 1. The molecule has 0 saturated heterocycles. The molecular weight excluding hydrogens is 648 g/mol. The highest BCUT2D eigenvalue weighted by Crippen LogP contribution is 2.38. The third-order valence-corrected chi connectivity index (χ3v) is 11.0. The van der Waals surface area contributed by atoms with E-state index in [-0.39, 0.29) is 17.9 Å². The summed E-state index contributed by atoms with van der Waals surface area (Å²) in [5.74, 6) is 1.09. The smallest absolute Gasteiger partial charge is 0.151 e. The number of ether oxygens (including phenoxy) is 3. The van der Waals surface area contributed by atoms with Crippen molar-refractivity contribution < 1.29 is 23.2 Å². The number of nitrogens with zero attached hydrogens (tertiary/aromatic N) is 3. The molecular formula is C37H57ClN4O5S. The molecule has 0 aliphatic carbocycles. The second-order valence-electron chi connectivity index (χ2n) is 13.1. The third-order valence-electron chi connectivity index (χ3n) is 8.84. The summed E-state index contributed by atoms with van der Waals surface area (Å²) < 4.78 is 39.4. The van der Waals surface area contributed by atoms with E-state index in [1.165, 1.54) is 11.1 Å². The van der Waals surface area contributed by atoms with Crippen molar-refractivity contribution in [3.8, 4) is 5.75 Å². The van der Waals surface area contributed by atoms with E-state index < -0.39 is 15.5 Å². The summed E-state index contributed by atoms with van der Waals surface area (Å²) in [5.41, 5.74) is 2.57. The van der Waals surface area contributed by atoms with Gasteiger partial charge >= 0.3 is 0 Å². The second-order valence-corrected chi connectivity index (χ2v) is 15.9. The molecule has 0 amide bonds. The molecule has 1 heterocycles. The SMILES string of the molecule is CCCc1cc(Cl)ccc1C1COc2ccc(S(=O)(=NC)NC)cc2N(CCC(CC)C(/C=C/COC(C)(C)C=O)OCCN(C)C)C1. The van der Waals surface area contributed by atoms with Crippen LogP contribution in [0.3, 0.4) is 0 Å². The van der Waals surface area contributed by atoms with Gasteiger partial charge in [-0.3, -0.25) is 0 Å². The Morgan fingerprint density at radius 1 is 1.23 bits per heavy atom. The molecule has 4 atom stereocenters. The molecule has 0 radical (unpaired) electrons. The van der Waals surface area contributed by atoms with Gasteiger partial charge in [0.25, 0.3) is 0 Å². The first-order valence-corrected chi connectivity index (χ1v) is 19.0. The molecule has 0 aromatic heterocycles. The first-order chi connectivity index (χ1) is 22.9. The topological polar surface area (TPSA) is 92.7 Å². The van der Waals surface area contributed by atoms with Gasteiger partial charge in [-0.1, -0.05) is 56.5 Å². The monoisotopic (exact) mass is 704 g/mol. The van der Waals surface area contributed by atoms with Gasteiger partial charge in [0, 0.05) is 37.6 Å². The normalized spacial score (nSPS) is 17.8. The van der Waals surface area contributed by atoms with Crippen LogP contribution in [0, 0.1) is 5.92 Å². The van der Waals surface area contributed by atoms with Gasteiger partial charge in [-0.05, 0) is 95.2 Å². The summed E-state index contributed by atoms with van der Waals surface area (Å²) in [4.78, 5) is 16.4. The summed E-state index contributed by atoms with van der Waals surface area (Å²) in [7, 11) is 4.54. The van der Waals surface area contributed by atoms with Crippen LogP contribution in [-0.2, 0) is 30.6 Å². The van der Waals surface area contributed by atoms with E-state index in [9.17, 15) is 9.00 Å². The zero-order chi connectivity index (χ0) is 35.3. The van der Waals surface area contributed by atoms with Crippen LogP contribution in [0.25, 0.3) is 0 Å². The molecule has 4 unspecified atom stereocenters. The van der Waals surface area contributed by atoms with Crippen LogP contribution in [0.2, 0.25) is 5.02 Å². The van der Waals surface area contributed by atoms with Crippen LogP contribution in [0.1, 0.15) is 64.0 Å². The van der Waals surface area contributed by atoms with Crippen molar-refractivity contribution in [2.45, 2.75) is 75.9 Å². The van der Waals surface area contributed by atoms with Crippen LogP contribution in [0.15, 0.2) is 57.8 Å². The largest absolute Gasteiger partial charge is 0.491 e. The van der Waals surface area contributed by atoms with Crippen molar-refractivity contribution in [1.82, 2.24) is 9.62 Å². The zero-order valence-electron chi connectivity index (χ0n) is 30.2. The van der Waals surface area contributed by atoms with Crippen molar-refractivity contribution >= 4 is 33.5 Å². The number of nitrogens with one attached hydrogen (secondary N) is 1. The van der Waals surface area contributed by atoms with Crippen LogP contribution < -0.4 is 14.4 Å². The Hall–Kier alpha value is -2.47. The molecule has 9 nitrogen and oxygen atoms in total. The highest BCUT2D eigenvalue weighted by Gasteiger charge is 2.29. The lowest BCUT2D eigenvalue weighted by Gasteiger charge is -2.31.